The maximum Gasteiger partial charge on any atom is 0.416 e. The van der Waals surface area contributed by atoms with Crippen molar-refractivity contribution in [2.75, 3.05) is 10.6 Å². The normalized spacial score (nSPS) is 11.3. The van der Waals surface area contributed by atoms with E-state index in [0.717, 1.165) is 23.4 Å². The van der Waals surface area contributed by atoms with Crippen LogP contribution in [0.1, 0.15) is 21.5 Å². The summed E-state index contributed by atoms with van der Waals surface area (Å²) in [6, 6.07) is 9.55. The molecule has 0 spiro atoms. The van der Waals surface area contributed by atoms with E-state index < -0.39 is 17.6 Å². The Morgan fingerprint density at radius 2 is 1.89 bits per heavy atom. The van der Waals surface area contributed by atoms with Gasteiger partial charge in [0.2, 0.25) is 0 Å². The summed E-state index contributed by atoms with van der Waals surface area (Å²) in [5.74, 6) is -0.497. The number of aryl methyl sites for hydroxylation is 2. The number of benzene rings is 2. The third-order valence-electron chi connectivity index (χ3n) is 3.93. The van der Waals surface area contributed by atoms with Gasteiger partial charge >= 0.3 is 6.18 Å². The molecule has 1 aromatic heterocycles. The molecule has 3 rings (SSSR count). The van der Waals surface area contributed by atoms with Gasteiger partial charge in [-0.3, -0.25) is 9.48 Å². The summed E-state index contributed by atoms with van der Waals surface area (Å²) < 4.78 is 40.1. The Kier molecular flexibility index (Phi) is 4.89. The van der Waals surface area contributed by atoms with Crippen LogP contribution in [-0.2, 0) is 13.2 Å². The van der Waals surface area contributed by atoms with E-state index >= 15 is 0 Å². The van der Waals surface area contributed by atoms with Crippen molar-refractivity contribution in [1.29, 1.82) is 0 Å². The lowest BCUT2D eigenvalue weighted by molar-refractivity contribution is -0.137. The Morgan fingerprint density at radius 1 is 1.11 bits per heavy atom. The number of anilines is 3. The first-order valence-electron chi connectivity index (χ1n) is 8.07. The molecule has 8 heteroatoms. The maximum atomic E-state index is 12.8. The number of hydrogen-bond donors (Lipinski definition) is 2. The highest BCUT2D eigenvalue weighted by Gasteiger charge is 2.30. The van der Waals surface area contributed by atoms with Crippen molar-refractivity contribution >= 4 is 23.0 Å². The first kappa shape index (κ1) is 18.5. The fourth-order valence-corrected chi connectivity index (χ4v) is 2.52. The molecule has 0 radical (unpaired) electrons. The van der Waals surface area contributed by atoms with Crippen LogP contribution in [0.3, 0.4) is 0 Å². The van der Waals surface area contributed by atoms with Gasteiger partial charge in [0.1, 0.15) is 0 Å². The fraction of sp³-hybridized carbons (Fsp3) is 0.158. The smallest absolute Gasteiger partial charge is 0.353 e. The summed E-state index contributed by atoms with van der Waals surface area (Å²) in [5, 5.41) is 9.74. The van der Waals surface area contributed by atoms with Crippen LogP contribution < -0.4 is 10.6 Å². The van der Waals surface area contributed by atoms with Gasteiger partial charge in [0.15, 0.2) is 0 Å². The topological polar surface area (TPSA) is 59.0 Å². The molecule has 0 aliphatic heterocycles. The summed E-state index contributed by atoms with van der Waals surface area (Å²) >= 11 is 0. The lowest BCUT2D eigenvalue weighted by Crippen LogP contribution is -2.13. The van der Waals surface area contributed by atoms with Crippen molar-refractivity contribution in [3.63, 3.8) is 0 Å². The Labute approximate surface area is 153 Å². The largest absolute Gasteiger partial charge is 0.416 e. The number of carbonyl (C=O) groups is 1. The number of halogens is 3. The highest BCUT2D eigenvalue weighted by atomic mass is 19.4. The second-order valence-corrected chi connectivity index (χ2v) is 6.09. The van der Waals surface area contributed by atoms with Gasteiger partial charge in [-0.15, -0.1) is 0 Å². The number of aromatic nitrogens is 2. The summed E-state index contributed by atoms with van der Waals surface area (Å²) in [5.41, 5.74) is 1.97. The lowest BCUT2D eigenvalue weighted by Gasteiger charge is -2.12. The van der Waals surface area contributed by atoms with Gasteiger partial charge in [-0.1, -0.05) is 12.1 Å². The maximum absolute atomic E-state index is 12.8. The monoisotopic (exact) mass is 374 g/mol. The van der Waals surface area contributed by atoms with Crippen molar-refractivity contribution in [2.45, 2.75) is 13.1 Å². The lowest BCUT2D eigenvalue weighted by atomic mass is 10.1. The summed E-state index contributed by atoms with van der Waals surface area (Å²) in [7, 11) is 1.79. The zero-order chi connectivity index (χ0) is 19.6. The van der Waals surface area contributed by atoms with Crippen LogP contribution in [0, 0.1) is 6.92 Å². The molecule has 27 heavy (non-hydrogen) atoms. The molecule has 0 fully saturated rings. The molecule has 1 amide bonds. The number of amides is 1. The average Bonchev–Trinajstić information content (AvgIpc) is 3.01. The molecule has 5 nitrogen and oxygen atoms in total. The predicted octanol–water partition coefficient (Wildman–Crippen LogP) is 4.74. The molecule has 1 heterocycles. The van der Waals surface area contributed by atoms with Crippen molar-refractivity contribution in [3.05, 3.63) is 71.5 Å². The van der Waals surface area contributed by atoms with Gasteiger partial charge in [0, 0.05) is 30.2 Å². The van der Waals surface area contributed by atoms with Gasteiger partial charge in [-0.2, -0.15) is 18.3 Å². The van der Waals surface area contributed by atoms with Crippen LogP contribution in [0.25, 0.3) is 0 Å². The molecule has 0 aliphatic carbocycles. The SMILES string of the molecule is Cc1ccc(C(=O)Nc2cccc(C(F)(F)F)c2)cc1Nc1cnn(C)c1. The fourth-order valence-electron chi connectivity index (χ4n) is 2.52. The number of hydrogen-bond acceptors (Lipinski definition) is 3. The molecule has 0 saturated carbocycles. The number of alkyl halides is 3. The van der Waals surface area contributed by atoms with E-state index in [1.807, 2.05) is 6.92 Å². The highest BCUT2D eigenvalue weighted by Crippen LogP contribution is 2.31. The molecule has 0 unspecified atom stereocenters. The first-order chi connectivity index (χ1) is 12.7. The van der Waals surface area contributed by atoms with E-state index in [1.54, 1.807) is 42.3 Å². The van der Waals surface area contributed by atoms with Crippen molar-refractivity contribution in [1.82, 2.24) is 9.78 Å². The third-order valence-corrected chi connectivity index (χ3v) is 3.93. The van der Waals surface area contributed by atoms with Gasteiger partial charge in [-0.25, -0.2) is 0 Å². The molecule has 2 N–H and O–H groups in total. The van der Waals surface area contributed by atoms with Gasteiger partial charge < -0.3 is 10.6 Å². The van der Waals surface area contributed by atoms with E-state index in [0.29, 0.717) is 11.3 Å². The molecule has 0 atom stereocenters. The minimum atomic E-state index is -4.47. The molecular weight excluding hydrogens is 357 g/mol. The van der Waals surface area contributed by atoms with E-state index in [1.165, 1.54) is 12.1 Å². The van der Waals surface area contributed by atoms with Crippen LogP contribution in [-0.4, -0.2) is 15.7 Å². The van der Waals surface area contributed by atoms with Crippen LogP contribution in [0.5, 0.6) is 0 Å². The summed E-state index contributed by atoms with van der Waals surface area (Å²) in [4.78, 5) is 12.5. The minimum Gasteiger partial charge on any atom is -0.353 e. The van der Waals surface area contributed by atoms with Crippen molar-refractivity contribution < 1.29 is 18.0 Å². The van der Waals surface area contributed by atoms with Crippen LogP contribution in [0.2, 0.25) is 0 Å². The molecule has 140 valence electrons. The van der Waals surface area contributed by atoms with E-state index in [9.17, 15) is 18.0 Å². The van der Waals surface area contributed by atoms with Gasteiger partial charge in [0.25, 0.3) is 5.91 Å². The summed E-state index contributed by atoms with van der Waals surface area (Å²) in [6.07, 6.45) is -1.03. The molecule has 0 aliphatic rings. The highest BCUT2D eigenvalue weighted by molar-refractivity contribution is 6.05. The van der Waals surface area contributed by atoms with Crippen LogP contribution in [0.15, 0.2) is 54.9 Å². The van der Waals surface area contributed by atoms with Crippen LogP contribution in [0.4, 0.5) is 30.2 Å². The van der Waals surface area contributed by atoms with Gasteiger partial charge in [0.05, 0.1) is 17.4 Å². The average molecular weight is 374 g/mol. The quantitative estimate of drug-likeness (QED) is 0.693. The molecule has 0 bridgehead atoms. The van der Waals surface area contributed by atoms with Crippen LogP contribution >= 0.6 is 0 Å². The predicted molar refractivity (Wildman–Crippen MR) is 97.1 cm³/mol. The zero-order valence-corrected chi connectivity index (χ0v) is 14.6. The van der Waals surface area contributed by atoms with Gasteiger partial charge in [-0.05, 0) is 42.8 Å². The number of nitrogens with zero attached hydrogens (tertiary/aromatic N) is 2. The Hall–Kier alpha value is -3.29. The standard InChI is InChI=1S/C19H17F3N4O/c1-12-6-7-13(8-17(12)24-16-10-23-26(2)11-16)18(27)25-15-5-3-4-14(9-15)19(20,21)22/h3-11,24H,1-2H3,(H,25,27). The molecule has 0 saturated heterocycles. The zero-order valence-electron chi connectivity index (χ0n) is 14.6. The number of rotatable bonds is 4. The Bertz CT molecular complexity index is 979. The molecule has 3 aromatic rings. The van der Waals surface area contributed by atoms with E-state index in [-0.39, 0.29) is 5.69 Å². The number of nitrogens with one attached hydrogen (secondary N) is 2. The third kappa shape index (κ3) is 4.46. The van der Waals surface area contributed by atoms with E-state index in [4.69, 9.17) is 0 Å². The number of carbonyl (C=O) groups excluding carboxylic acids is 1. The van der Waals surface area contributed by atoms with E-state index in [2.05, 4.69) is 15.7 Å². The second kappa shape index (κ2) is 7.14. The Morgan fingerprint density at radius 3 is 2.56 bits per heavy atom. The molecule has 2 aromatic carbocycles. The summed E-state index contributed by atoms with van der Waals surface area (Å²) in [6.45, 7) is 1.88. The second-order valence-electron chi connectivity index (χ2n) is 6.09. The van der Waals surface area contributed by atoms with Crippen molar-refractivity contribution in [2.24, 2.45) is 7.05 Å². The van der Waals surface area contributed by atoms with Crippen molar-refractivity contribution in [3.8, 4) is 0 Å². The molecular formula is C19H17F3N4O. The Balaban J connectivity index is 1.80. The first-order valence-corrected chi connectivity index (χ1v) is 8.07. The minimum absolute atomic E-state index is 0.0807.